The predicted molar refractivity (Wildman–Crippen MR) is 112 cm³/mol. The van der Waals surface area contributed by atoms with E-state index in [1.54, 1.807) is 0 Å². The molecule has 28 heavy (non-hydrogen) atoms. The first kappa shape index (κ1) is 17.6. The van der Waals surface area contributed by atoms with E-state index < -0.39 is 0 Å². The second-order valence-corrected chi connectivity index (χ2v) is 8.78. The molecule has 4 N–H and O–H groups in total. The minimum absolute atomic E-state index is 0.184. The van der Waals surface area contributed by atoms with Gasteiger partial charge in [-0.05, 0) is 50.2 Å². The lowest BCUT2D eigenvalue weighted by atomic mass is 10.1. The lowest BCUT2D eigenvalue weighted by Gasteiger charge is -2.16. The number of para-hydroxylation sites is 1. The second kappa shape index (κ2) is 7.18. The molecule has 2 unspecified atom stereocenters. The Bertz CT molecular complexity index is 1030. The Balaban J connectivity index is 1.54. The number of nitrogens with one attached hydrogen (secondary N) is 3. The highest BCUT2D eigenvalue weighted by atomic mass is 32.1. The van der Waals surface area contributed by atoms with Crippen molar-refractivity contribution in [2.75, 3.05) is 17.2 Å². The van der Waals surface area contributed by atoms with Crippen LogP contribution >= 0.6 is 11.3 Å². The first-order valence-electron chi connectivity index (χ1n) is 9.84. The van der Waals surface area contributed by atoms with Gasteiger partial charge in [0.2, 0.25) is 5.95 Å². The number of aliphatic hydroxyl groups excluding tert-OH is 1. The van der Waals surface area contributed by atoms with Crippen LogP contribution in [-0.2, 0) is 0 Å². The van der Waals surface area contributed by atoms with E-state index in [-0.39, 0.29) is 18.2 Å². The zero-order valence-corrected chi connectivity index (χ0v) is 16.3. The van der Waals surface area contributed by atoms with E-state index in [2.05, 4.69) is 20.6 Å². The number of thiazole rings is 1. The molecular weight excluding hydrogens is 374 g/mol. The molecule has 0 amide bonds. The molecule has 0 aliphatic heterocycles. The van der Waals surface area contributed by atoms with Crippen LogP contribution in [0, 0.1) is 5.92 Å². The quantitative estimate of drug-likeness (QED) is 0.509. The zero-order valence-electron chi connectivity index (χ0n) is 15.4. The van der Waals surface area contributed by atoms with E-state index in [9.17, 15) is 9.90 Å². The number of aliphatic hydroxyl groups is 1. The van der Waals surface area contributed by atoms with Gasteiger partial charge in [0, 0.05) is 18.7 Å². The summed E-state index contributed by atoms with van der Waals surface area (Å²) >= 11 is 1.50. The van der Waals surface area contributed by atoms with E-state index in [0.717, 1.165) is 42.3 Å². The summed E-state index contributed by atoms with van der Waals surface area (Å²) in [6.45, 7) is 0.209. The van der Waals surface area contributed by atoms with Crippen LogP contribution in [0.25, 0.3) is 20.8 Å². The normalized spacial score (nSPS) is 21.9. The standard InChI is InChI=1S/C20H23N5O2S/c26-10-11-5-6-13(9-11)21-17-16(18(27)25-20(24-17)22-12-7-8-12)19-23-14-3-1-2-4-15(14)28-19/h1-4,11-13,26H,5-10H2,(H3,21,22,24,25,27). The molecule has 2 aliphatic carbocycles. The van der Waals surface area contributed by atoms with Gasteiger partial charge in [-0.15, -0.1) is 11.3 Å². The molecule has 3 aromatic rings. The molecular formula is C20H23N5O2S. The number of H-pyrrole nitrogens is 1. The highest BCUT2D eigenvalue weighted by molar-refractivity contribution is 7.21. The van der Waals surface area contributed by atoms with E-state index in [0.29, 0.717) is 34.3 Å². The number of aromatic amines is 1. The van der Waals surface area contributed by atoms with Crippen molar-refractivity contribution >= 4 is 33.3 Å². The van der Waals surface area contributed by atoms with Gasteiger partial charge < -0.3 is 15.7 Å². The van der Waals surface area contributed by atoms with Gasteiger partial charge in [-0.3, -0.25) is 9.78 Å². The first-order chi connectivity index (χ1) is 13.7. The van der Waals surface area contributed by atoms with E-state index in [1.165, 1.54) is 11.3 Å². The number of anilines is 2. The van der Waals surface area contributed by atoms with Crippen LogP contribution < -0.4 is 16.2 Å². The summed E-state index contributed by atoms with van der Waals surface area (Å²) in [5, 5.41) is 16.9. The smallest absolute Gasteiger partial charge is 0.264 e. The molecule has 2 fully saturated rings. The maximum atomic E-state index is 13.0. The molecule has 2 heterocycles. The lowest BCUT2D eigenvalue weighted by molar-refractivity contribution is 0.229. The lowest BCUT2D eigenvalue weighted by Crippen LogP contribution is -2.23. The molecule has 0 spiro atoms. The summed E-state index contributed by atoms with van der Waals surface area (Å²) in [5.74, 6) is 1.40. The van der Waals surface area contributed by atoms with Crippen LogP contribution in [-0.4, -0.2) is 38.7 Å². The van der Waals surface area contributed by atoms with Crippen molar-refractivity contribution in [1.29, 1.82) is 0 Å². The van der Waals surface area contributed by atoms with Gasteiger partial charge in [0.05, 0.1) is 10.2 Å². The van der Waals surface area contributed by atoms with Crippen molar-refractivity contribution in [1.82, 2.24) is 15.0 Å². The Labute approximate surface area is 166 Å². The summed E-state index contributed by atoms with van der Waals surface area (Å²) in [4.78, 5) is 25.2. The summed E-state index contributed by atoms with van der Waals surface area (Å²) in [6.07, 6.45) is 5.04. The molecule has 2 atom stereocenters. The third-order valence-electron chi connectivity index (χ3n) is 5.49. The largest absolute Gasteiger partial charge is 0.396 e. The number of hydrogen-bond donors (Lipinski definition) is 4. The maximum absolute atomic E-state index is 13.0. The molecule has 2 aromatic heterocycles. The summed E-state index contributed by atoms with van der Waals surface area (Å²) in [5.41, 5.74) is 1.20. The fourth-order valence-corrected chi connectivity index (χ4v) is 4.82. The molecule has 0 bridgehead atoms. The minimum atomic E-state index is -0.184. The number of nitrogens with zero attached hydrogens (tertiary/aromatic N) is 2. The number of hydrogen-bond acceptors (Lipinski definition) is 7. The summed E-state index contributed by atoms with van der Waals surface area (Å²) in [7, 11) is 0. The van der Waals surface area contributed by atoms with Gasteiger partial charge in [-0.25, -0.2) is 4.98 Å². The molecule has 5 rings (SSSR count). The third kappa shape index (κ3) is 3.49. The van der Waals surface area contributed by atoms with Gasteiger partial charge in [-0.1, -0.05) is 12.1 Å². The minimum Gasteiger partial charge on any atom is -0.396 e. The average Bonchev–Trinajstić information content (AvgIpc) is 3.21. The van der Waals surface area contributed by atoms with Crippen LogP contribution in [0.3, 0.4) is 0 Å². The summed E-state index contributed by atoms with van der Waals surface area (Å²) in [6, 6.07) is 8.49. The van der Waals surface area contributed by atoms with Crippen LogP contribution in [0.5, 0.6) is 0 Å². The predicted octanol–water partition coefficient (Wildman–Crippen LogP) is 3.19. The number of rotatable bonds is 6. The molecule has 2 aliphatic rings. The van der Waals surface area contributed by atoms with Gasteiger partial charge in [0.1, 0.15) is 16.4 Å². The van der Waals surface area contributed by atoms with E-state index >= 15 is 0 Å². The first-order valence-corrected chi connectivity index (χ1v) is 10.7. The van der Waals surface area contributed by atoms with Crippen molar-refractivity contribution in [3.63, 3.8) is 0 Å². The van der Waals surface area contributed by atoms with Crippen molar-refractivity contribution in [2.24, 2.45) is 5.92 Å². The second-order valence-electron chi connectivity index (χ2n) is 7.75. The zero-order chi connectivity index (χ0) is 19.1. The maximum Gasteiger partial charge on any atom is 0.264 e. The Hall–Kier alpha value is -2.45. The van der Waals surface area contributed by atoms with Crippen LogP contribution in [0.1, 0.15) is 32.1 Å². The van der Waals surface area contributed by atoms with Crippen molar-refractivity contribution in [2.45, 2.75) is 44.2 Å². The van der Waals surface area contributed by atoms with Crippen LogP contribution in [0.4, 0.5) is 11.8 Å². The molecule has 7 nitrogen and oxygen atoms in total. The van der Waals surface area contributed by atoms with E-state index in [4.69, 9.17) is 4.98 Å². The molecule has 0 saturated heterocycles. The number of aromatic nitrogens is 3. The van der Waals surface area contributed by atoms with Crippen molar-refractivity contribution in [3.8, 4) is 10.6 Å². The SMILES string of the molecule is O=c1[nH]c(NC2CC2)nc(NC2CCC(CO)C2)c1-c1nc2ccccc2s1. The Morgan fingerprint density at radius 2 is 1.93 bits per heavy atom. The molecule has 0 radical (unpaired) electrons. The molecule has 8 heteroatoms. The Morgan fingerprint density at radius 3 is 2.68 bits per heavy atom. The fourth-order valence-electron chi connectivity index (χ4n) is 3.81. The highest BCUT2D eigenvalue weighted by Crippen LogP contribution is 2.34. The van der Waals surface area contributed by atoms with Gasteiger partial charge in [-0.2, -0.15) is 4.98 Å². The molecule has 1 aromatic carbocycles. The van der Waals surface area contributed by atoms with Crippen molar-refractivity contribution < 1.29 is 5.11 Å². The average molecular weight is 398 g/mol. The van der Waals surface area contributed by atoms with Crippen molar-refractivity contribution in [3.05, 3.63) is 34.6 Å². The number of benzene rings is 1. The van der Waals surface area contributed by atoms with Gasteiger partial charge in [0.15, 0.2) is 0 Å². The van der Waals surface area contributed by atoms with Gasteiger partial charge in [0.25, 0.3) is 5.56 Å². The molecule has 2 saturated carbocycles. The Kier molecular flexibility index (Phi) is 4.52. The van der Waals surface area contributed by atoms with Crippen LogP contribution in [0.2, 0.25) is 0 Å². The number of fused-ring (bicyclic) bond motifs is 1. The fraction of sp³-hybridized carbons (Fsp3) is 0.450. The topological polar surface area (TPSA) is 103 Å². The van der Waals surface area contributed by atoms with Crippen LogP contribution in [0.15, 0.2) is 29.1 Å². The summed E-state index contributed by atoms with van der Waals surface area (Å²) < 4.78 is 1.05. The van der Waals surface area contributed by atoms with Gasteiger partial charge >= 0.3 is 0 Å². The van der Waals surface area contributed by atoms with E-state index in [1.807, 2.05) is 24.3 Å². The highest BCUT2D eigenvalue weighted by Gasteiger charge is 2.28. The third-order valence-corrected chi connectivity index (χ3v) is 6.54. The molecule has 146 valence electrons. The monoisotopic (exact) mass is 397 g/mol. The Morgan fingerprint density at radius 1 is 1.11 bits per heavy atom.